The van der Waals surface area contributed by atoms with Crippen molar-refractivity contribution in [2.75, 3.05) is 6.54 Å². The first-order valence-electron chi connectivity index (χ1n) is 5.02. The normalized spacial score (nSPS) is 20.9. The largest absolute Gasteiger partial charge is 0.463 e. The average Bonchev–Trinajstić information content (AvgIpc) is 2.98. The van der Waals surface area contributed by atoms with Crippen LogP contribution in [0.1, 0.15) is 19.8 Å². The quantitative estimate of drug-likeness (QED) is 0.751. The van der Waals surface area contributed by atoms with Crippen molar-refractivity contribution < 1.29 is 26.7 Å². The Bertz CT molecular complexity index is 313. The van der Waals surface area contributed by atoms with Gasteiger partial charge in [-0.1, -0.05) is 0 Å². The molecule has 0 heterocycles. The predicted octanol–water partition coefficient (Wildman–Crippen LogP) is 1.43. The second-order valence-corrected chi connectivity index (χ2v) is 4.42. The molecular weight excluding hydrogens is 247 g/mol. The first kappa shape index (κ1) is 14.1. The molecule has 0 spiro atoms. The molecule has 8 heteroatoms. The molecule has 1 rings (SSSR count). The van der Waals surface area contributed by atoms with Crippen molar-refractivity contribution in [1.82, 2.24) is 5.32 Å². The van der Waals surface area contributed by atoms with Crippen LogP contribution in [-0.2, 0) is 4.79 Å². The molecule has 17 heavy (non-hydrogen) atoms. The Kier molecular flexibility index (Phi) is 3.39. The van der Waals surface area contributed by atoms with Gasteiger partial charge in [0, 0.05) is 6.54 Å². The standard InChI is InChI=1S/C9H13F5N2O/c1-7(4-15,5-2-3-5)16-6(17)8(10,11)9(12,13)14/h5H,2-4,15H2,1H3,(H,16,17). The van der Waals surface area contributed by atoms with E-state index in [4.69, 9.17) is 5.73 Å². The van der Waals surface area contributed by atoms with Gasteiger partial charge in [-0.2, -0.15) is 22.0 Å². The van der Waals surface area contributed by atoms with Crippen LogP contribution >= 0.6 is 0 Å². The van der Waals surface area contributed by atoms with Crippen molar-refractivity contribution >= 4 is 5.91 Å². The number of nitrogens with one attached hydrogen (secondary N) is 1. The van der Waals surface area contributed by atoms with Gasteiger partial charge in [-0.3, -0.25) is 4.79 Å². The summed E-state index contributed by atoms with van der Waals surface area (Å²) in [6.45, 7) is 1.19. The number of carbonyl (C=O) groups is 1. The number of amides is 1. The zero-order valence-corrected chi connectivity index (χ0v) is 9.07. The van der Waals surface area contributed by atoms with Crippen molar-refractivity contribution in [3.05, 3.63) is 0 Å². The van der Waals surface area contributed by atoms with E-state index in [9.17, 15) is 26.7 Å². The number of rotatable bonds is 4. The highest BCUT2D eigenvalue weighted by atomic mass is 19.4. The van der Waals surface area contributed by atoms with E-state index in [-0.39, 0.29) is 12.5 Å². The summed E-state index contributed by atoms with van der Waals surface area (Å²) in [5.41, 5.74) is 4.11. The Morgan fingerprint density at radius 3 is 2.06 bits per heavy atom. The molecule has 1 unspecified atom stereocenters. The number of nitrogens with two attached hydrogens (primary N) is 1. The summed E-state index contributed by atoms with van der Waals surface area (Å²) in [7, 11) is 0. The molecule has 0 aliphatic heterocycles. The van der Waals surface area contributed by atoms with E-state index < -0.39 is 23.5 Å². The molecule has 0 aromatic heterocycles. The van der Waals surface area contributed by atoms with Crippen LogP contribution in [-0.4, -0.2) is 30.1 Å². The van der Waals surface area contributed by atoms with Crippen molar-refractivity contribution in [2.45, 2.75) is 37.4 Å². The smallest absolute Gasteiger partial charge is 0.344 e. The number of hydrogen-bond acceptors (Lipinski definition) is 2. The van der Waals surface area contributed by atoms with Gasteiger partial charge >= 0.3 is 18.0 Å². The Labute approximate surface area is 94.5 Å². The fourth-order valence-corrected chi connectivity index (χ4v) is 1.51. The highest BCUT2D eigenvalue weighted by molar-refractivity contribution is 5.85. The Hall–Kier alpha value is -0.920. The topological polar surface area (TPSA) is 55.1 Å². The number of carbonyl (C=O) groups excluding carboxylic acids is 1. The zero-order chi connectivity index (χ0) is 13.5. The molecule has 1 aliphatic carbocycles. The van der Waals surface area contributed by atoms with E-state index >= 15 is 0 Å². The van der Waals surface area contributed by atoms with E-state index in [0.717, 1.165) is 0 Å². The van der Waals surface area contributed by atoms with Crippen LogP contribution in [0.25, 0.3) is 0 Å². The van der Waals surface area contributed by atoms with Crippen LogP contribution in [0.15, 0.2) is 0 Å². The van der Waals surface area contributed by atoms with Crippen molar-refractivity contribution in [3.8, 4) is 0 Å². The average molecular weight is 260 g/mol. The predicted molar refractivity (Wildman–Crippen MR) is 49.3 cm³/mol. The van der Waals surface area contributed by atoms with Crippen molar-refractivity contribution in [1.29, 1.82) is 0 Å². The molecule has 0 aromatic carbocycles. The second-order valence-electron chi connectivity index (χ2n) is 4.42. The molecule has 1 saturated carbocycles. The van der Waals surface area contributed by atoms with Crippen LogP contribution in [0, 0.1) is 5.92 Å². The zero-order valence-electron chi connectivity index (χ0n) is 9.07. The van der Waals surface area contributed by atoms with Crippen LogP contribution < -0.4 is 11.1 Å². The minimum absolute atomic E-state index is 0.138. The Balaban J connectivity index is 2.78. The number of hydrogen-bond donors (Lipinski definition) is 2. The first-order valence-corrected chi connectivity index (χ1v) is 5.02. The third-order valence-electron chi connectivity index (χ3n) is 2.94. The molecule has 0 bridgehead atoms. The summed E-state index contributed by atoms with van der Waals surface area (Å²) in [5, 5.41) is 1.72. The highest BCUT2D eigenvalue weighted by Crippen LogP contribution is 2.41. The minimum Gasteiger partial charge on any atom is -0.344 e. The summed E-state index contributed by atoms with van der Waals surface area (Å²) >= 11 is 0. The van der Waals surface area contributed by atoms with Crippen LogP contribution in [0.2, 0.25) is 0 Å². The van der Waals surface area contributed by atoms with E-state index in [1.54, 1.807) is 5.32 Å². The lowest BCUT2D eigenvalue weighted by molar-refractivity contribution is -0.270. The van der Waals surface area contributed by atoms with Crippen molar-refractivity contribution in [3.63, 3.8) is 0 Å². The van der Waals surface area contributed by atoms with Crippen molar-refractivity contribution in [2.24, 2.45) is 11.7 Å². The number of alkyl halides is 5. The van der Waals surface area contributed by atoms with Gasteiger partial charge in [-0.05, 0) is 25.7 Å². The van der Waals surface area contributed by atoms with Gasteiger partial charge in [0.2, 0.25) is 0 Å². The summed E-state index contributed by atoms with van der Waals surface area (Å²) in [6.07, 6.45) is -4.58. The van der Waals surface area contributed by atoms with Crippen LogP contribution in [0.5, 0.6) is 0 Å². The molecule has 1 atom stereocenters. The van der Waals surface area contributed by atoms with Gasteiger partial charge in [-0.15, -0.1) is 0 Å². The SMILES string of the molecule is CC(CN)(NC(=O)C(F)(F)C(F)(F)F)C1CC1. The Morgan fingerprint density at radius 1 is 1.29 bits per heavy atom. The second kappa shape index (κ2) is 4.08. The van der Waals surface area contributed by atoms with E-state index in [1.165, 1.54) is 6.92 Å². The summed E-state index contributed by atoms with van der Waals surface area (Å²) < 4.78 is 61.2. The monoisotopic (exact) mass is 260 g/mol. The van der Waals surface area contributed by atoms with Gasteiger partial charge in [0.25, 0.3) is 0 Å². The lowest BCUT2D eigenvalue weighted by Gasteiger charge is -2.31. The van der Waals surface area contributed by atoms with Crippen LogP contribution in [0.4, 0.5) is 22.0 Å². The maximum Gasteiger partial charge on any atom is 0.463 e. The lowest BCUT2D eigenvalue weighted by Crippen LogP contribution is -2.60. The molecule has 0 aromatic rings. The fourth-order valence-electron chi connectivity index (χ4n) is 1.51. The van der Waals surface area contributed by atoms with Gasteiger partial charge in [0.1, 0.15) is 0 Å². The maximum absolute atomic E-state index is 12.7. The first-order chi connectivity index (χ1) is 7.54. The van der Waals surface area contributed by atoms with Gasteiger partial charge < -0.3 is 11.1 Å². The van der Waals surface area contributed by atoms with E-state index in [1.807, 2.05) is 0 Å². The van der Waals surface area contributed by atoms with Gasteiger partial charge in [0.15, 0.2) is 0 Å². The molecular formula is C9H13F5N2O. The van der Waals surface area contributed by atoms with E-state index in [0.29, 0.717) is 12.8 Å². The minimum atomic E-state index is -5.89. The van der Waals surface area contributed by atoms with E-state index in [2.05, 4.69) is 0 Å². The molecule has 100 valence electrons. The summed E-state index contributed by atoms with van der Waals surface area (Å²) in [4.78, 5) is 11.0. The highest BCUT2D eigenvalue weighted by Gasteiger charge is 2.64. The number of halogens is 5. The molecule has 0 radical (unpaired) electrons. The lowest BCUT2D eigenvalue weighted by atomic mass is 9.95. The van der Waals surface area contributed by atoms with Gasteiger partial charge in [-0.25, -0.2) is 0 Å². The Morgan fingerprint density at radius 2 is 1.76 bits per heavy atom. The summed E-state index contributed by atoms with van der Waals surface area (Å²) in [5.74, 6) is -7.87. The molecule has 1 aliphatic rings. The molecule has 3 nitrogen and oxygen atoms in total. The van der Waals surface area contributed by atoms with Crippen LogP contribution in [0.3, 0.4) is 0 Å². The molecule has 3 N–H and O–H groups in total. The third-order valence-corrected chi connectivity index (χ3v) is 2.94. The third kappa shape index (κ3) is 2.67. The fraction of sp³-hybridized carbons (Fsp3) is 0.889. The maximum atomic E-state index is 12.7. The molecule has 1 fully saturated rings. The summed E-state index contributed by atoms with van der Waals surface area (Å²) in [6, 6.07) is 0. The molecule has 0 saturated heterocycles. The molecule has 1 amide bonds. The van der Waals surface area contributed by atoms with Gasteiger partial charge in [0.05, 0.1) is 5.54 Å².